The van der Waals surface area contributed by atoms with Crippen LogP contribution in [0.2, 0.25) is 5.02 Å². The summed E-state index contributed by atoms with van der Waals surface area (Å²) in [6.07, 6.45) is 0.377. The Labute approximate surface area is 141 Å². The Morgan fingerprint density at radius 1 is 1.22 bits per heavy atom. The molecule has 2 aromatic rings. The van der Waals surface area contributed by atoms with Gasteiger partial charge in [-0.3, -0.25) is 4.79 Å². The zero-order chi connectivity index (χ0) is 16.7. The molecule has 1 amide bonds. The van der Waals surface area contributed by atoms with Crippen molar-refractivity contribution in [1.29, 1.82) is 0 Å². The number of halogens is 1. The van der Waals surface area contributed by atoms with Gasteiger partial charge in [0.15, 0.2) is 0 Å². The van der Waals surface area contributed by atoms with Crippen molar-refractivity contribution in [3.05, 3.63) is 58.6 Å². The van der Waals surface area contributed by atoms with Gasteiger partial charge < -0.3 is 15.4 Å². The summed E-state index contributed by atoms with van der Waals surface area (Å²) in [5.74, 6) is 0.746. The molecule has 0 saturated heterocycles. The van der Waals surface area contributed by atoms with Gasteiger partial charge in [-0.25, -0.2) is 0 Å². The first-order valence-corrected chi connectivity index (χ1v) is 7.86. The molecule has 23 heavy (non-hydrogen) atoms. The molecule has 0 bridgehead atoms. The lowest BCUT2D eigenvalue weighted by Crippen LogP contribution is -2.25. The Morgan fingerprint density at radius 2 is 2.00 bits per heavy atom. The van der Waals surface area contributed by atoms with E-state index in [2.05, 4.69) is 10.6 Å². The van der Waals surface area contributed by atoms with Crippen LogP contribution < -0.4 is 15.4 Å². The van der Waals surface area contributed by atoms with Gasteiger partial charge in [0, 0.05) is 24.5 Å². The van der Waals surface area contributed by atoms with Crippen LogP contribution in [0.4, 0.5) is 5.69 Å². The van der Waals surface area contributed by atoms with E-state index in [9.17, 15) is 4.79 Å². The van der Waals surface area contributed by atoms with Crippen molar-refractivity contribution in [3.63, 3.8) is 0 Å². The maximum absolute atomic E-state index is 11.9. The molecule has 2 N–H and O–H groups in total. The fourth-order valence-electron chi connectivity index (χ4n) is 2.19. The number of carbonyl (C=O) groups excluding carboxylic acids is 1. The lowest BCUT2D eigenvalue weighted by Gasteiger charge is -2.12. The first kappa shape index (κ1) is 17.2. The molecule has 0 aliphatic rings. The Morgan fingerprint density at radius 3 is 2.74 bits per heavy atom. The largest absolute Gasteiger partial charge is 0.495 e. The monoisotopic (exact) mass is 332 g/mol. The molecule has 2 aromatic carbocycles. The molecule has 2 rings (SSSR count). The van der Waals surface area contributed by atoms with Gasteiger partial charge in [0.05, 0.1) is 12.8 Å². The van der Waals surface area contributed by atoms with Crippen molar-refractivity contribution in [2.24, 2.45) is 0 Å². The summed E-state index contributed by atoms with van der Waals surface area (Å²) in [6, 6.07) is 13.4. The van der Waals surface area contributed by atoms with E-state index in [4.69, 9.17) is 16.3 Å². The summed E-state index contributed by atoms with van der Waals surface area (Å²) in [7, 11) is 1.63. The van der Waals surface area contributed by atoms with Crippen molar-refractivity contribution in [2.75, 3.05) is 19.0 Å². The number of nitrogens with one attached hydrogen (secondary N) is 2. The standard InChI is InChI=1S/C18H21ClN2O2/c1-13-7-8-17(23-2)16(11-13)20-10-9-18(22)21-12-14-5-3-4-6-15(14)19/h3-8,11,20H,9-10,12H2,1-2H3,(H,21,22). The van der Waals surface area contributed by atoms with Gasteiger partial charge >= 0.3 is 0 Å². The van der Waals surface area contributed by atoms with Crippen LogP contribution in [0.1, 0.15) is 17.5 Å². The predicted octanol–water partition coefficient (Wildman–Crippen LogP) is 3.78. The third kappa shape index (κ3) is 5.18. The fraction of sp³-hybridized carbons (Fsp3) is 0.278. The minimum atomic E-state index is -0.0240. The molecule has 4 nitrogen and oxygen atoms in total. The van der Waals surface area contributed by atoms with Crippen LogP contribution in [0, 0.1) is 6.92 Å². The first-order chi connectivity index (χ1) is 11.1. The molecule has 0 unspecified atom stereocenters. The molecule has 0 atom stereocenters. The third-order valence-electron chi connectivity index (χ3n) is 3.46. The molecule has 122 valence electrons. The van der Waals surface area contributed by atoms with Crippen LogP contribution in [0.3, 0.4) is 0 Å². The molecule has 0 spiro atoms. The average molecular weight is 333 g/mol. The quantitative estimate of drug-likeness (QED) is 0.811. The molecule has 0 heterocycles. The zero-order valence-corrected chi connectivity index (χ0v) is 14.1. The molecule has 0 saturated carbocycles. The van der Waals surface area contributed by atoms with E-state index >= 15 is 0 Å². The van der Waals surface area contributed by atoms with E-state index in [-0.39, 0.29) is 5.91 Å². The van der Waals surface area contributed by atoms with E-state index in [1.54, 1.807) is 7.11 Å². The second-order valence-electron chi connectivity index (χ2n) is 5.25. The number of ether oxygens (including phenoxy) is 1. The van der Waals surface area contributed by atoms with Crippen LogP contribution in [0.5, 0.6) is 5.75 Å². The SMILES string of the molecule is COc1ccc(C)cc1NCCC(=O)NCc1ccccc1Cl. The summed E-state index contributed by atoms with van der Waals surface area (Å²) in [5, 5.41) is 6.77. The predicted molar refractivity (Wildman–Crippen MR) is 94.1 cm³/mol. The molecule has 5 heteroatoms. The number of aryl methyl sites for hydroxylation is 1. The van der Waals surface area contributed by atoms with Crippen LogP contribution in [-0.4, -0.2) is 19.6 Å². The molecular formula is C18H21ClN2O2. The topological polar surface area (TPSA) is 50.4 Å². The zero-order valence-electron chi connectivity index (χ0n) is 13.4. The van der Waals surface area contributed by atoms with Gasteiger partial charge in [-0.15, -0.1) is 0 Å². The van der Waals surface area contributed by atoms with Crippen LogP contribution >= 0.6 is 11.6 Å². The summed E-state index contributed by atoms with van der Waals surface area (Å²) in [4.78, 5) is 11.9. The minimum Gasteiger partial charge on any atom is -0.495 e. The summed E-state index contributed by atoms with van der Waals surface area (Å²) in [5.41, 5.74) is 2.94. The number of amides is 1. The molecule has 0 aliphatic heterocycles. The summed E-state index contributed by atoms with van der Waals surface area (Å²) >= 11 is 6.06. The van der Waals surface area contributed by atoms with Gasteiger partial charge in [0.25, 0.3) is 0 Å². The number of benzene rings is 2. The first-order valence-electron chi connectivity index (χ1n) is 7.49. The average Bonchev–Trinajstić information content (AvgIpc) is 2.54. The highest BCUT2D eigenvalue weighted by molar-refractivity contribution is 6.31. The molecule has 0 aliphatic carbocycles. The highest BCUT2D eigenvalue weighted by atomic mass is 35.5. The Bertz CT molecular complexity index is 674. The third-order valence-corrected chi connectivity index (χ3v) is 3.83. The van der Waals surface area contributed by atoms with Crippen molar-refractivity contribution >= 4 is 23.2 Å². The Hall–Kier alpha value is -2.20. The van der Waals surface area contributed by atoms with Crippen LogP contribution in [0.15, 0.2) is 42.5 Å². The molecule has 0 aromatic heterocycles. The normalized spacial score (nSPS) is 10.2. The minimum absolute atomic E-state index is 0.0240. The van der Waals surface area contributed by atoms with E-state index in [0.29, 0.717) is 24.5 Å². The lowest BCUT2D eigenvalue weighted by molar-refractivity contribution is -0.121. The second kappa shape index (κ2) is 8.44. The maximum atomic E-state index is 11.9. The summed E-state index contributed by atoms with van der Waals surface area (Å²) < 4.78 is 5.30. The van der Waals surface area contributed by atoms with Gasteiger partial charge in [0.2, 0.25) is 5.91 Å². The van der Waals surface area contributed by atoms with Gasteiger partial charge in [0.1, 0.15) is 5.75 Å². The highest BCUT2D eigenvalue weighted by Gasteiger charge is 2.06. The maximum Gasteiger partial charge on any atom is 0.222 e. The molecule has 0 fully saturated rings. The number of carbonyl (C=O) groups is 1. The highest BCUT2D eigenvalue weighted by Crippen LogP contribution is 2.24. The van der Waals surface area contributed by atoms with Crippen LogP contribution in [-0.2, 0) is 11.3 Å². The Kier molecular flexibility index (Phi) is 6.29. The number of anilines is 1. The van der Waals surface area contributed by atoms with Gasteiger partial charge in [-0.2, -0.15) is 0 Å². The Balaban J connectivity index is 1.79. The van der Waals surface area contributed by atoms with Gasteiger partial charge in [-0.1, -0.05) is 35.9 Å². The number of methoxy groups -OCH3 is 1. The van der Waals surface area contributed by atoms with Crippen molar-refractivity contribution in [2.45, 2.75) is 19.9 Å². The second-order valence-corrected chi connectivity index (χ2v) is 5.66. The van der Waals surface area contributed by atoms with E-state index < -0.39 is 0 Å². The van der Waals surface area contributed by atoms with E-state index in [1.807, 2.05) is 49.4 Å². The number of hydrogen-bond donors (Lipinski definition) is 2. The smallest absolute Gasteiger partial charge is 0.222 e. The van der Waals surface area contributed by atoms with Gasteiger partial charge in [-0.05, 0) is 36.2 Å². The van der Waals surface area contributed by atoms with Crippen molar-refractivity contribution in [1.82, 2.24) is 5.32 Å². The van der Waals surface area contributed by atoms with E-state index in [1.165, 1.54) is 0 Å². The lowest BCUT2D eigenvalue weighted by atomic mass is 10.2. The fourth-order valence-corrected chi connectivity index (χ4v) is 2.40. The number of hydrogen-bond acceptors (Lipinski definition) is 3. The van der Waals surface area contributed by atoms with Crippen LogP contribution in [0.25, 0.3) is 0 Å². The van der Waals surface area contributed by atoms with Crippen molar-refractivity contribution < 1.29 is 9.53 Å². The molecular weight excluding hydrogens is 312 g/mol. The van der Waals surface area contributed by atoms with Crippen molar-refractivity contribution in [3.8, 4) is 5.75 Å². The summed E-state index contributed by atoms with van der Waals surface area (Å²) in [6.45, 7) is 2.99. The molecule has 0 radical (unpaired) electrons. The van der Waals surface area contributed by atoms with E-state index in [0.717, 1.165) is 22.6 Å². The number of rotatable bonds is 7.